The summed E-state index contributed by atoms with van der Waals surface area (Å²) in [5, 5.41) is 1.88. The molecular formula is C27H20O2. The number of hydrogen-bond acceptors (Lipinski definition) is 2. The van der Waals surface area contributed by atoms with Crippen molar-refractivity contribution in [1.29, 1.82) is 0 Å². The van der Waals surface area contributed by atoms with Gasteiger partial charge in [0.15, 0.2) is 6.10 Å². The van der Waals surface area contributed by atoms with E-state index in [4.69, 9.17) is 4.74 Å². The SMILES string of the molecule is C=Cc1cccc2c(C(=O)OC3c4ccccc4Cc4ccccc43)cccc12. The Balaban J connectivity index is 1.59. The van der Waals surface area contributed by atoms with E-state index >= 15 is 0 Å². The van der Waals surface area contributed by atoms with Gasteiger partial charge in [-0.1, -0.05) is 91.5 Å². The molecule has 0 N–H and O–H groups in total. The van der Waals surface area contributed by atoms with E-state index in [1.54, 1.807) is 0 Å². The van der Waals surface area contributed by atoms with Crippen molar-refractivity contribution in [3.63, 3.8) is 0 Å². The quantitative estimate of drug-likeness (QED) is 0.390. The first-order valence-corrected chi connectivity index (χ1v) is 9.77. The number of carbonyl (C=O) groups is 1. The van der Waals surface area contributed by atoms with E-state index in [0.29, 0.717) is 5.56 Å². The van der Waals surface area contributed by atoms with Crippen LogP contribution in [0.3, 0.4) is 0 Å². The van der Waals surface area contributed by atoms with E-state index in [0.717, 1.165) is 33.9 Å². The number of esters is 1. The zero-order chi connectivity index (χ0) is 19.8. The molecule has 0 heterocycles. The maximum Gasteiger partial charge on any atom is 0.339 e. The monoisotopic (exact) mass is 376 g/mol. The molecule has 0 atom stereocenters. The van der Waals surface area contributed by atoms with Crippen molar-refractivity contribution in [2.24, 2.45) is 0 Å². The van der Waals surface area contributed by atoms with Crippen LogP contribution in [0.25, 0.3) is 16.8 Å². The summed E-state index contributed by atoms with van der Waals surface area (Å²) >= 11 is 0. The van der Waals surface area contributed by atoms with Crippen LogP contribution in [0.2, 0.25) is 0 Å². The molecule has 4 aromatic rings. The Kier molecular flexibility index (Phi) is 4.25. The van der Waals surface area contributed by atoms with Gasteiger partial charge in [0.25, 0.3) is 0 Å². The molecular weight excluding hydrogens is 356 g/mol. The minimum atomic E-state index is -0.401. The van der Waals surface area contributed by atoms with Crippen LogP contribution >= 0.6 is 0 Å². The van der Waals surface area contributed by atoms with Crippen molar-refractivity contribution in [1.82, 2.24) is 0 Å². The highest BCUT2D eigenvalue weighted by molar-refractivity contribution is 6.06. The molecule has 1 aliphatic carbocycles. The molecule has 0 spiro atoms. The third-order valence-corrected chi connectivity index (χ3v) is 5.68. The van der Waals surface area contributed by atoms with E-state index in [2.05, 4.69) is 30.8 Å². The zero-order valence-electron chi connectivity index (χ0n) is 16.0. The van der Waals surface area contributed by atoms with Crippen LogP contribution in [0.5, 0.6) is 0 Å². The molecule has 0 amide bonds. The molecule has 0 aliphatic heterocycles. The average molecular weight is 376 g/mol. The summed E-state index contributed by atoms with van der Waals surface area (Å²) < 4.78 is 6.15. The summed E-state index contributed by atoms with van der Waals surface area (Å²) in [4.78, 5) is 13.3. The second kappa shape index (κ2) is 7.06. The standard InChI is InChI=1S/C27H20O2/c1-2-18-11-7-15-24-21(18)14-8-16-25(24)27(28)29-26-22-12-5-3-9-19(22)17-20-10-4-6-13-23(20)26/h2-16,26H,1,17H2. The highest BCUT2D eigenvalue weighted by Gasteiger charge is 2.29. The molecule has 0 radical (unpaired) electrons. The molecule has 29 heavy (non-hydrogen) atoms. The average Bonchev–Trinajstić information content (AvgIpc) is 2.78. The first-order chi connectivity index (χ1) is 14.3. The molecule has 0 unspecified atom stereocenters. The highest BCUT2D eigenvalue weighted by atomic mass is 16.5. The van der Waals surface area contributed by atoms with Crippen molar-refractivity contribution >= 4 is 22.8 Å². The minimum Gasteiger partial charge on any atom is -0.449 e. The summed E-state index contributed by atoms with van der Waals surface area (Å²) in [7, 11) is 0. The molecule has 0 fully saturated rings. The van der Waals surface area contributed by atoms with E-state index in [1.807, 2.05) is 66.7 Å². The van der Waals surface area contributed by atoms with Crippen LogP contribution in [-0.2, 0) is 11.2 Å². The summed E-state index contributed by atoms with van der Waals surface area (Å²) in [6, 6.07) is 28.1. The number of carbonyl (C=O) groups excluding carboxylic acids is 1. The number of ether oxygens (including phenoxy) is 1. The van der Waals surface area contributed by atoms with Crippen LogP contribution in [0.15, 0.2) is 91.5 Å². The molecule has 0 saturated carbocycles. The summed E-state index contributed by atoms with van der Waals surface area (Å²) in [6.45, 7) is 3.88. The minimum absolute atomic E-state index is 0.312. The predicted octanol–water partition coefficient (Wildman–Crippen LogP) is 6.33. The van der Waals surface area contributed by atoms with Gasteiger partial charge in [-0.25, -0.2) is 4.79 Å². The lowest BCUT2D eigenvalue weighted by atomic mass is 9.84. The van der Waals surface area contributed by atoms with Crippen molar-refractivity contribution in [2.45, 2.75) is 12.5 Å². The Morgan fingerprint density at radius 1 is 0.793 bits per heavy atom. The maximum atomic E-state index is 13.3. The molecule has 5 rings (SSSR count). The topological polar surface area (TPSA) is 26.3 Å². The van der Waals surface area contributed by atoms with E-state index < -0.39 is 6.10 Å². The lowest BCUT2D eigenvalue weighted by Crippen LogP contribution is -2.19. The number of fused-ring (bicyclic) bond motifs is 3. The number of rotatable bonds is 3. The fraction of sp³-hybridized carbons (Fsp3) is 0.0741. The first-order valence-electron chi connectivity index (χ1n) is 9.77. The molecule has 2 heteroatoms. The first kappa shape index (κ1) is 17.4. The van der Waals surface area contributed by atoms with Crippen molar-refractivity contribution in [3.05, 3.63) is 125 Å². The van der Waals surface area contributed by atoms with Crippen molar-refractivity contribution < 1.29 is 9.53 Å². The lowest BCUT2D eigenvalue weighted by molar-refractivity contribution is 0.0374. The van der Waals surface area contributed by atoms with Crippen LogP contribution in [0.4, 0.5) is 0 Å². The number of hydrogen-bond donors (Lipinski definition) is 0. The largest absolute Gasteiger partial charge is 0.449 e. The van der Waals surface area contributed by atoms with E-state index in [1.165, 1.54) is 11.1 Å². The molecule has 0 aromatic heterocycles. The third kappa shape index (κ3) is 2.94. The van der Waals surface area contributed by atoms with E-state index in [-0.39, 0.29) is 5.97 Å². The molecule has 0 saturated heterocycles. The van der Waals surface area contributed by atoms with Gasteiger partial charge in [-0.3, -0.25) is 0 Å². The fourth-order valence-electron chi connectivity index (χ4n) is 4.26. The van der Waals surface area contributed by atoms with Crippen molar-refractivity contribution in [3.8, 4) is 0 Å². The van der Waals surface area contributed by atoms with Gasteiger partial charge in [-0.05, 0) is 39.9 Å². The molecule has 1 aliphatic rings. The summed E-state index contributed by atoms with van der Waals surface area (Å²) in [5.74, 6) is -0.312. The zero-order valence-corrected chi connectivity index (χ0v) is 16.0. The second-order valence-corrected chi connectivity index (χ2v) is 7.31. The van der Waals surface area contributed by atoms with Gasteiger partial charge in [0.05, 0.1) is 5.56 Å². The Labute approximate surface area is 170 Å². The Hall–Kier alpha value is -3.65. The lowest BCUT2D eigenvalue weighted by Gasteiger charge is -2.28. The van der Waals surface area contributed by atoms with Crippen LogP contribution in [0.1, 0.15) is 44.3 Å². The molecule has 4 aromatic carbocycles. The van der Waals surface area contributed by atoms with Gasteiger partial charge in [0.2, 0.25) is 0 Å². The van der Waals surface area contributed by atoms with E-state index in [9.17, 15) is 4.79 Å². The van der Waals surface area contributed by atoms with Crippen LogP contribution < -0.4 is 0 Å². The maximum absolute atomic E-state index is 13.3. The van der Waals surface area contributed by atoms with Gasteiger partial charge in [0, 0.05) is 11.1 Å². The molecule has 2 nitrogen and oxygen atoms in total. The van der Waals surface area contributed by atoms with Crippen LogP contribution in [0, 0.1) is 0 Å². The highest BCUT2D eigenvalue weighted by Crippen LogP contribution is 2.38. The van der Waals surface area contributed by atoms with Gasteiger partial charge in [-0.15, -0.1) is 0 Å². The predicted molar refractivity (Wildman–Crippen MR) is 117 cm³/mol. The molecule has 140 valence electrons. The summed E-state index contributed by atoms with van der Waals surface area (Å²) in [5.41, 5.74) is 6.11. The summed E-state index contributed by atoms with van der Waals surface area (Å²) in [6.07, 6.45) is 2.27. The number of benzene rings is 4. The third-order valence-electron chi connectivity index (χ3n) is 5.68. The van der Waals surface area contributed by atoms with Crippen molar-refractivity contribution in [2.75, 3.05) is 0 Å². The van der Waals surface area contributed by atoms with Crippen LogP contribution in [-0.4, -0.2) is 5.97 Å². The normalized spacial score (nSPS) is 12.8. The van der Waals surface area contributed by atoms with Gasteiger partial charge >= 0.3 is 5.97 Å². The Morgan fingerprint density at radius 2 is 1.41 bits per heavy atom. The Morgan fingerprint density at radius 3 is 2.10 bits per heavy atom. The fourth-order valence-corrected chi connectivity index (χ4v) is 4.26. The van der Waals surface area contributed by atoms with Gasteiger partial charge in [-0.2, -0.15) is 0 Å². The van der Waals surface area contributed by atoms with Gasteiger partial charge in [0.1, 0.15) is 0 Å². The van der Waals surface area contributed by atoms with Gasteiger partial charge < -0.3 is 4.74 Å². The second-order valence-electron chi connectivity index (χ2n) is 7.31. The Bertz CT molecular complexity index is 1210. The smallest absolute Gasteiger partial charge is 0.339 e. The molecule has 0 bridgehead atoms.